The number of amides is 1. The first-order valence-corrected chi connectivity index (χ1v) is 5.68. The first-order valence-electron chi connectivity index (χ1n) is 5.68. The van der Waals surface area contributed by atoms with Gasteiger partial charge in [0.1, 0.15) is 6.54 Å². The second-order valence-electron chi connectivity index (χ2n) is 3.68. The quantitative estimate of drug-likeness (QED) is 0.467. The zero-order valence-electron chi connectivity index (χ0n) is 10.4. The zero-order chi connectivity index (χ0) is 14.3. The van der Waals surface area contributed by atoms with E-state index in [0.29, 0.717) is 5.56 Å². The number of nitrogens with one attached hydrogen (secondary N) is 1. The van der Waals surface area contributed by atoms with Crippen LogP contribution in [0.1, 0.15) is 12.5 Å². The molecule has 1 rings (SSSR count). The molecule has 0 heterocycles. The molecule has 0 aliphatic heterocycles. The minimum Gasteiger partial charge on any atom is -0.465 e. The van der Waals surface area contributed by atoms with Crippen molar-refractivity contribution in [3.63, 3.8) is 0 Å². The maximum absolute atomic E-state index is 11.5. The molecule has 19 heavy (non-hydrogen) atoms. The van der Waals surface area contributed by atoms with Gasteiger partial charge >= 0.3 is 5.97 Å². The first-order chi connectivity index (χ1) is 9.02. The standard InChI is InChI=1S/C12H14N2O5/c1-2-19-12(16)8-13-11(15)7-9-3-5-10(6-4-9)14(17)18/h3-6H,2,7-8H2,1H3,(H,13,15). The largest absolute Gasteiger partial charge is 0.465 e. The third-order valence-corrected chi connectivity index (χ3v) is 2.25. The molecule has 0 spiro atoms. The summed E-state index contributed by atoms with van der Waals surface area (Å²) in [6, 6.07) is 5.66. The number of carbonyl (C=O) groups excluding carboxylic acids is 2. The van der Waals surface area contributed by atoms with Crippen molar-refractivity contribution in [2.45, 2.75) is 13.3 Å². The highest BCUT2D eigenvalue weighted by Gasteiger charge is 2.09. The summed E-state index contributed by atoms with van der Waals surface area (Å²) in [5.74, 6) is -0.846. The van der Waals surface area contributed by atoms with Gasteiger partial charge in [-0.25, -0.2) is 0 Å². The van der Waals surface area contributed by atoms with Crippen LogP contribution in [0.25, 0.3) is 0 Å². The predicted octanol–water partition coefficient (Wildman–Crippen LogP) is 0.817. The van der Waals surface area contributed by atoms with E-state index in [2.05, 4.69) is 10.1 Å². The van der Waals surface area contributed by atoms with E-state index in [-0.39, 0.29) is 31.2 Å². The molecule has 7 nitrogen and oxygen atoms in total. The number of nitrogens with zero attached hydrogens (tertiary/aromatic N) is 1. The number of benzene rings is 1. The molecule has 0 aromatic heterocycles. The Morgan fingerprint density at radius 2 is 1.95 bits per heavy atom. The van der Waals surface area contributed by atoms with Crippen molar-refractivity contribution in [2.75, 3.05) is 13.2 Å². The zero-order valence-corrected chi connectivity index (χ0v) is 10.4. The van der Waals surface area contributed by atoms with Crippen LogP contribution in [0.15, 0.2) is 24.3 Å². The van der Waals surface area contributed by atoms with Crippen molar-refractivity contribution in [2.24, 2.45) is 0 Å². The number of hydrogen-bond donors (Lipinski definition) is 1. The lowest BCUT2D eigenvalue weighted by molar-refractivity contribution is -0.384. The van der Waals surface area contributed by atoms with Crippen LogP contribution in [-0.4, -0.2) is 30.0 Å². The number of nitro benzene ring substituents is 1. The van der Waals surface area contributed by atoms with Crippen LogP contribution in [0.3, 0.4) is 0 Å². The molecule has 1 aromatic carbocycles. The average Bonchev–Trinajstić information content (AvgIpc) is 2.37. The summed E-state index contributed by atoms with van der Waals surface area (Å²) in [7, 11) is 0. The molecule has 0 fully saturated rings. The summed E-state index contributed by atoms with van der Waals surface area (Å²) < 4.78 is 4.66. The minimum absolute atomic E-state index is 0.0318. The number of ether oxygens (including phenoxy) is 1. The predicted molar refractivity (Wildman–Crippen MR) is 66.4 cm³/mol. The molecular weight excluding hydrogens is 252 g/mol. The SMILES string of the molecule is CCOC(=O)CNC(=O)Cc1ccc([N+](=O)[O-])cc1. The van der Waals surface area contributed by atoms with Gasteiger partial charge in [0.15, 0.2) is 0 Å². The van der Waals surface area contributed by atoms with E-state index in [1.54, 1.807) is 6.92 Å². The summed E-state index contributed by atoms with van der Waals surface area (Å²) in [5, 5.41) is 12.9. The van der Waals surface area contributed by atoms with E-state index in [9.17, 15) is 19.7 Å². The Hall–Kier alpha value is -2.44. The second-order valence-corrected chi connectivity index (χ2v) is 3.68. The number of esters is 1. The van der Waals surface area contributed by atoms with E-state index in [4.69, 9.17) is 0 Å². The lowest BCUT2D eigenvalue weighted by Gasteiger charge is -2.04. The summed E-state index contributed by atoms with van der Waals surface area (Å²) >= 11 is 0. The van der Waals surface area contributed by atoms with Crippen molar-refractivity contribution in [1.29, 1.82) is 0 Å². The molecule has 1 amide bonds. The lowest BCUT2D eigenvalue weighted by Crippen LogP contribution is -2.31. The molecule has 0 saturated carbocycles. The van der Waals surface area contributed by atoms with Gasteiger partial charge in [0, 0.05) is 12.1 Å². The molecule has 0 unspecified atom stereocenters. The fraction of sp³-hybridized carbons (Fsp3) is 0.333. The summed E-state index contributed by atoms with van der Waals surface area (Å²) in [5.41, 5.74) is 0.600. The van der Waals surface area contributed by atoms with Crippen LogP contribution in [0, 0.1) is 10.1 Å². The monoisotopic (exact) mass is 266 g/mol. The molecule has 7 heteroatoms. The molecule has 0 atom stereocenters. The number of hydrogen-bond acceptors (Lipinski definition) is 5. The Bertz CT molecular complexity index is 470. The van der Waals surface area contributed by atoms with Gasteiger partial charge in [0.2, 0.25) is 5.91 Å². The van der Waals surface area contributed by atoms with Gasteiger partial charge in [-0.3, -0.25) is 19.7 Å². The number of nitro groups is 1. The highest BCUT2D eigenvalue weighted by molar-refractivity contribution is 5.83. The minimum atomic E-state index is -0.509. The average molecular weight is 266 g/mol. The Morgan fingerprint density at radius 1 is 1.32 bits per heavy atom. The second kappa shape index (κ2) is 7.10. The van der Waals surface area contributed by atoms with Crippen LogP contribution in [-0.2, 0) is 20.7 Å². The third kappa shape index (κ3) is 5.15. The summed E-state index contributed by atoms with van der Waals surface area (Å²) in [6.07, 6.45) is 0.0530. The molecule has 0 saturated heterocycles. The number of non-ortho nitro benzene ring substituents is 1. The molecule has 0 radical (unpaired) electrons. The highest BCUT2D eigenvalue weighted by Crippen LogP contribution is 2.12. The molecule has 0 aliphatic carbocycles. The molecule has 1 aromatic rings. The van der Waals surface area contributed by atoms with E-state index >= 15 is 0 Å². The van der Waals surface area contributed by atoms with E-state index < -0.39 is 10.9 Å². The number of rotatable bonds is 6. The van der Waals surface area contributed by atoms with Gasteiger partial charge in [-0.05, 0) is 12.5 Å². The fourth-order valence-corrected chi connectivity index (χ4v) is 1.37. The van der Waals surface area contributed by atoms with Crippen LogP contribution in [0.4, 0.5) is 5.69 Å². The summed E-state index contributed by atoms with van der Waals surface area (Å²) in [4.78, 5) is 32.4. The third-order valence-electron chi connectivity index (χ3n) is 2.25. The van der Waals surface area contributed by atoms with E-state index in [0.717, 1.165) is 0 Å². The van der Waals surface area contributed by atoms with Crippen LogP contribution < -0.4 is 5.32 Å². The highest BCUT2D eigenvalue weighted by atomic mass is 16.6. The van der Waals surface area contributed by atoms with Crippen LogP contribution in [0.5, 0.6) is 0 Å². The van der Waals surface area contributed by atoms with Crippen molar-refractivity contribution in [1.82, 2.24) is 5.32 Å². The molecule has 0 aliphatic rings. The van der Waals surface area contributed by atoms with Gasteiger partial charge in [-0.2, -0.15) is 0 Å². The van der Waals surface area contributed by atoms with E-state index in [1.165, 1.54) is 24.3 Å². The van der Waals surface area contributed by atoms with Gasteiger partial charge in [-0.1, -0.05) is 12.1 Å². The van der Waals surface area contributed by atoms with Crippen LogP contribution in [0.2, 0.25) is 0 Å². The topological polar surface area (TPSA) is 98.5 Å². The van der Waals surface area contributed by atoms with Crippen molar-refractivity contribution in [3.05, 3.63) is 39.9 Å². The maximum atomic E-state index is 11.5. The summed E-state index contributed by atoms with van der Waals surface area (Å²) in [6.45, 7) is 1.76. The Kier molecular flexibility index (Phi) is 5.46. The smallest absolute Gasteiger partial charge is 0.325 e. The van der Waals surface area contributed by atoms with E-state index in [1.807, 2.05) is 0 Å². The molecular formula is C12H14N2O5. The van der Waals surface area contributed by atoms with Crippen molar-refractivity contribution < 1.29 is 19.2 Å². The normalized spacial score (nSPS) is 9.74. The molecule has 1 N–H and O–H groups in total. The first kappa shape index (κ1) is 14.6. The fourth-order valence-electron chi connectivity index (χ4n) is 1.37. The Morgan fingerprint density at radius 3 is 2.47 bits per heavy atom. The van der Waals surface area contributed by atoms with Gasteiger partial charge in [0.05, 0.1) is 18.0 Å². The van der Waals surface area contributed by atoms with Gasteiger partial charge in [-0.15, -0.1) is 0 Å². The van der Waals surface area contributed by atoms with Gasteiger partial charge < -0.3 is 10.1 Å². The Balaban J connectivity index is 2.44. The molecule has 102 valence electrons. The Labute approximate surface area is 109 Å². The van der Waals surface area contributed by atoms with Crippen LogP contribution >= 0.6 is 0 Å². The lowest BCUT2D eigenvalue weighted by atomic mass is 10.1. The number of carbonyl (C=O) groups is 2. The molecule has 0 bridgehead atoms. The van der Waals surface area contributed by atoms with Crippen molar-refractivity contribution in [3.8, 4) is 0 Å². The maximum Gasteiger partial charge on any atom is 0.325 e. The van der Waals surface area contributed by atoms with Gasteiger partial charge in [0.25, 0.3) is 5.69 Å². The van der Waals surface area contributed by atoms with Crippen molar-refractivity contribution >= 4 is 17.6 Å².